The van der Waals surface area contributed by atoms with E-state index in [0.29, 0.717) is 13.3 Å². The highest BCUT2D eigenvalue weighted by Crippen LogP contribution is 2.32. The molecule has 28 heavy (non-hydrogen) atoms. The average Bonchev–Trinajstić information content (AvgIpc) is 3.19. The average molecular weight is 385 g/mol. The van der Waals surface area contributed by atoms with E-state index in [4.69, 9.17) is 18.9 Å². The van der Waals surface area contributed by atoms with Gasteiger partial charge in [-0.3, -0.25) is 0 Å². The molecule has 150 valence electrons. The number of guanidine groups is 1. The Labute approximate surface area is 165 Å². The molecular weight excluding hydrogens is 358 g/mol. The van der Waals surface area contributed by atoms with E-state index in [0.717, 1.165) is 54.0 Å². The molecule has 2 N–H and O–H groups in total. The number of benzene rings is 2. The zero-order valence-corrected chi connectivity index (χ0v) is 16.6. The molecule has 0 radical (unpaired) electrons. The molecule has 0 fully saturated rings. The number of fused-ring (bicyclic) bond motifs is 1. The molecule has 2 aromatic rings. The fourth-order valence-electron chi connectivity index (χ4n) is 2.91. The van der Waals surface area contributed by atoms with Crippen LogP contribution in [0.4, 0.5) is 0 Å². The highest BCUT2D eigenvalue weighted by Gasteiger charge is 2.13. The lowest BCUT2D eigenvalue weighted by atomic mass is 10.1. The van der Waals surface area contributed by atoms with Crippen molar-refractivity contribution >= 4 is 5.96 Å². The molecule has 3 rings (SSSR count). The summed E-state index contributed by atoms with van der Waals surface area (Å²) in [6.45, 7) is 4.39. The lowest BCUT2D eigenvalue weighted by Crippen LogP contribution is -2.38. The van der Waals surface area contributed by atoms with Crippen LogP contribution < -0.4 is 29.6 Å². The summed E-state index contributed by atoms with van der Waals surface area (Å²) >= 11 is 0. The highest BCUT2D eigenvalue weighted by molar-refractivity contribution is 5.79. The Hall–Kier alpha value is -3.09. The smallest absolute Gasteiger partial charge is 0.231 e. The summed E-state index contributed by atoms with van der Waals surface area (Å²) < 4.78 is 21.5. The topological polar surface area (TPSA) is 73.3 Å². The molecule has 1 aliphatic heterocycles. The highest BCUT2D eigenvalue weighted by atomic mass is 16.7. The van der Waals surface area contributed by atoms with Crippen molar-refractivity contribution in [3.63, 3.8) is 0 Å². The predicted molar refractivity (Wildman–Crippen MR) is 109 cm³/mol. The van der Waals surface area contributed by atoms with Crippen molar-refractivity contribution in [1.82, 2.24) is 10.6 Å². The first-order valence-electron chi connectivity index (χ1n) is 9.35. The van der Waals surface area contributed by atoms with E-state index in [1.54, 1.807) is 14.2 Å². The van der Waals surface area contributed by atoms with E-state index in [2.05, 4.69) is 21.7 Å². The zero-order chi connectivity index (χ0) is 19.8. The summed E-state index contributed by atoms with van der Waals surface area (Å²) in [4.78, 5) is 4.67. The van der Waals surface area contributed by atoms with E-state index in [1.165, 1.54) is 5.56 Å². The van der Waals surface area contributed by atoms with Crippen molar-refractivity contribution in [1.29, 1.82) is 0 Å². The summed E-state index contributed by atoms with van der Waals surface area (Å²) in [5.41, 5.74) is 2.18. The third-order valence-electron chi connectivity index (χ3n) is 4.39. The van der Waals surface area contributed by atoms with Crippen molar-refractivity contribution in [3.05, 3.63) is 47.5 Å². The van der Waals surface area contributed by atoms with Crippen LogP contribution in [-0.2, 0) is 13.0 Å². The van der Waals surface area contributed by atoms with Crippen LogP contribution in [0.5, 0.6) is 23.0 Å². The second-order valence-corrected chi connectivity index (χ2v) is 6.24. The van der Waals surface area contributed by atoms with Gasteiger partial charge in [-0.2, -0.15) is 0 Å². The maximum absolute atomic E-state index is 5.44. The fraction of sp³-hybridized carbons (Fsp3) is 0.381. The Balaban J connectivity index is 1.58. The van der Waals surface area contributed by atoms with Crippen LogP contribution in [-0.4, -0.2) is 40.1 Å². The Morgan fingerprint density at radius 2 is 1.89 bits per heavy atom. The van der Waals surface area contributed by atoms with E-state index in [1.807, 2.05) is 37.3 Å². The minimum atomic E-state index is 0.295. The van der Waals surface area contributed by atoms with Gasteiger partial charge in [-0.25, -0.2) is 4.99 Å². The number of hydrogen-bond acceptors (Lipinski definition) is 5. The van der Waals surface area contributed by atoms with E-state index in [-0.39, 0.29) is 0 Å². The van der Waals surface area contributed by atoms with Crippen molar-refractivity contribution < 1.29 is 18.9 Å². The Bertz CT molecular complexity index is 823. The van der Waals surface area contributed by atoms with Gasteiger partial charge in [-0.1, -0.05) is 6.07 Å². The van der Waals surface area contributed by atoms with Crippen LogP contribution in [0.2, 0.25) is 0 Å². The first kappa shape index (κ1) is 19.7. The fourth-order valence-corrected chi connectivity index (χ4v) is 2.91. The number of nitrogens with one attached hydrogen (secondary N) is 2. The molecule has 7 nitrogen and oxygen atoms in total. The van der Waals surface area contributed by atoms with Gasteiger partial charge >= 0.3 is 0 Å². The third-order valence-corrected chi connectivity index (χ3v) is 4.39. The molecule has 2 aromatic carbocycles. The van der Waals surface area contributed by atoms with Gasteiger partial charge in [0.15, 0.2) is 17.5 Å². The number of rotatable bonds is 8. The zero-order valence-electron chi connectivity index (χ0n) is 16.6. The van der Waals surface area contributed by atoms with E-state index in [9.17, 15) is 0 Å². The van der Waals surface area contributed by atoms with Crippen molar-refractivity contribution in [2.75, 3.05) is 34.1 Å². The summed E-state index contributed by atoms with van der Waals surface area (Å²) in [7, 11) is 3.29. The lowest BCUT2D eigenvalue weighted by molar-refractivity contribution is 0.174. The number of ether oxygens (including phenoxy) is 4. The molecule has 0 saturated carbocycles. The molecule has 7 heteroatoms. The quantitative estimate of drug-likeness (QED) is 0.538. The van der Waals surface area contributed by atoms with E-state index < -0.39 is 0 Å². The summed E-state index contributed by atoms with van der Waals surface area (Å²) in [6.07, 6.45) is 0.854. The first-order chi connectivity index (χ1) is 13.7. The summed E-state index contributed by atoms with van der Waals surface area (Å²) in [6, 6.07) is 11.8. The van der Waals surface area contributed by atoms with Crippen LogP contribution in [0.3, 0.4) is 0 Å². The molecule has 0 bridgehead atoms. The van der Waals surface area contributed by atoms with Crippen molar-refractivity contribution in [2.24, 2.45) is 4.99 Å². The van der Waals surface area contributed by atoms with Gasteiger partial charge in [0.25, 0.3) is 0 Å². The third kappa shape index (κ3) is 5.00. The molecule has 0 unspecified atom stereocenters. The normalized spacial score (nSPS) is 12.6. The second-order valence-electron chi connectivity index (χ2n) is 6.24. The van der Waals surface area contributed by atoms with Crippen LogP contribution in [0.15, 0.2) is 41.4 Å². The number of methoxy groups -OCH3 is 2. The van der Waals surface area contributed by atoms with Gasteiger partial charge in [0.05, 0.1) is 20.8 Å². The standard InChI is InChI=1S/C21H27N3O4/c1-4-22-21(24-13-16-6-7-17(25-2)12-19(16)26-3)23-10-9-15-5-8-18-20(11-15)28-14-27-18/h5-8,11-12H,4,9-10,13-14H2,1-3H3,(H2,22,23,24). The molecule has 1 heterocycles. The Kier molecular flexibility index (Phi) is 6.84. The molecule has 0 aliphatic carbocycles. The second kappa shape index (κ2) is 9.73. The lowest BCUT2D eigenvalue weighted by Gasteiger charge is -2.13. The van der Waals surface area contributed by atoms with Crippen LogP contribution in [0.25, 0.3) is 0 Å². The van der Waals surface area contributed by atoms with Gasteiger partial charge < -0.3 is 29.6 Å². The largest absolute Gasteiger partial charge is 0.497 e. The number of hydrogen-bond donors (Lipinski definition) is 2. The molecule has 1 aliphatic rings. The number of aliphatic imine (C=N–C) groups is 1. The van der Waals surface area contributed by atoms with Crippen LogP contribution >= 0.6 is 0 Å². The van der Waals surface area contributed by atoms with Gasteiger partial charge in [-0.15, -0.1) is 0 Å². The molecule has 0 atom stereocenters. The predicted octanol–water partition coefficient (Wildman–Crippen LogP) is 2.73. The van der Waals surface area contributed by atoms with E-state index >= 15 is 0 Å². The molecule has 0 saturated heterocycles. The van der Waals surface area contributed by atoms with Gasteiger partial charge in [0.1, 0.15) is 11.5 Å². The number of nitrogens with zero attached hydrogens (tertiary/aromatic N) is 1. The van der Waals surface area contributed by atoms with Gasteiger partial charge in [0, 0.05) is 24.7 Å². The summed E-state index contributed by atoms with van der Waals surface area (Å²) in [5.74, 6) is 3.91. The molecule has 0 aromatic heterocycles. The SMILES string of the molecule is CCNC(=NCc1ccc(OC)cc1OC)NCCc1ccc2c(c1)OCO2. The Morgan fingerprint density at radius 3 is 2.68 bits per heavy atom. The minimum absolute atomic E-state index is 0.295. The minimum Gasteiger partial charge on any atom is -0.497 e. The molecule has 0 spiro atoms. The van der Waals surface area contributed by atoms with Crippen LogP contribution in [0, 0.1) is 0 Å². The first-order valence-corrected chi connectivity index (χ1v) is 9.35. The van der Waals surface area contributed by atoms with Gasteiger partial charge in [0.2, 0.25) is 6.79 Å². The van der Waals surface area contributed by atoms with Crippen molar-refractivity contribution in [2.45, 2.75) is 19.9 Å². The summed E-state index contributed by atoms with van der Waals surface area (Å²) in [5, 5.41) is 6.64. The molecule has 0 amide bonds. The monoisotopic (exact) mass is 385 g/mol. The molecular formula is C21H27N3O4. The maximum atomic E-state index is 5.44. The van der Waals surface area contributed by atoms with Crippen molar-refractivity contribution in [3.8, 4) is 23.0 Å². The van der Waals surface area contributed by atoms with Gasteiger partial charge in [-0.05, 0) is 43.2 Å². The maximum Gasteiger partial charge on any atom is 0.231 e. The van der Waals surface area contributed by atoms with Crippen LogP contribution in [0.1, 0.15) is 18.1 Å². The Morgan fingerprint density at radius 1 is 1.04 bits per heavy atom.